The van der Waals surface area contributed by atoms with E-state index in [1.165, 1.54) is 17.3 Å². The van der Waals surface area contributed by atoms with Gasteiger partial charge in [-0.15, -0.1) is 0 Å². The Morgan fingerprint density at radius 3 is 2.73 bits per heavy atom. The molecule has 1 unspecified atom stereocenters. The fraction of sp³-hybridized carbons (Fsp3) is 0.737. The van der Waals surface area contributed by atoms with E-state index in [1.807, 2.05) is 23.3 Å². The fourth-order valence-electron chi connectivity index (χ4n) is 3.85. The smallest absolute Gasteiger partial charge is 0.348 e. The Morgan fingerprint density at radius 2 is 2.04 bits per heavy atom. The first-order valence-corrected chi connectivity index (χ1v) is 10.8. The van der Waals surface area contributed by atoms with Gasteiger partial charge in [0.25, 0.3) is 0 Å². The van der Waals surface area contributed by atoms with E-state index in [1.54, 1.807) is 0 Å². The van der Waals surface area contributed by atoms with E-state index >= 15 is 0 Å². The summed E-state index contributed by atoms with van der Waals surface area (Å²) in [4.78, 5) is 31.2. The first-order chi connectivity index (χ1) is 12.6. The van der Waals surface area contributed by atoms with Crippen molar-refractivity contribution in [2.75, 3.05) is 25.4 Å². The molecule has 2 aliphatic rings. The number of rotatable bonds is 7. The van der Waals surface area contributed by atoms with E-state index in [0.717, 1.165) is 55.9 Å². The molecule has 0 spiro atoms. The quantitative estimate of drug-likeness (QED) is 0.537. The monoisotopic (exact) mass is 379 g/mol. The van der Waals surface area contributed by atoms with Crippen molar-refractivity contribution in [2.24, 2.45) is 0 Å². The summed E-state index contributed by atoms with van der Waals surface area (Å²) in [6.45, 7) is 6.79. The van der Waals surface area contributed by atoms with Crippen LogP contribution >= 0.6 is 11.8 Å². The van der Waals surface area contributed by atoms with Gasteiger partial charge in [-0.2, -0.15) is 4.98 Å². The molecule has 144 valence electrons. The van der Waals surface area contributed by atoms with Gasteiger partial charge in [-0.3, -0.25) is 9.36 Å². The van der Waals surface area contributed by atoms with Crippen LogP contribution in [0.1, 0.15) is 50.8 Å². The van der Waals surface area contributed by atoms with Gasteiger partial charge in [0.2, 0.25) is 5.91 Å². The number of thioether (sulfide) groups is 1. The number of amides is 1. The molecular formula is C19H29N3O3S. The highest BCUT2D eigenvalue weighted by molar-refractivity contribution is 7.99. The molecule has 3 rings (SSSR count). The lowest BCUT2D eigenvalue weighted by molar-refractivity contribution is -0.127. The number of carbonyl (C=O) groups excluding carboxylic acids is 1. The SMILES string of the molecule is CCN(CC)C(=O)CSc1nc(=O)n(CC2CCCO2)c2c1CCCC2. The first-order valence-electron chi connectivity index (χ1n) is 9.78. The van der Waals surface area contributed by atoms with Gasteiger partial charge in [0.15, 0.2) is 0 Å². The lowest BCUT2D eigenvalue weighted by atomic mass is 9.97. The minimum Gasteiger partial charge on any atom is -0.376 e. The Balaban J connectivity index is 1.81. The first kappa shape index (κ1) is 19.4. The minimum absolute atomic E-state index is 0.106. The average molecular weight is 380 g/mol. The molecule has 0 bridgehead atoms. The molecule has 2 heterocycles. The summed E-state index contributed by atoms with van der Waals surface area (Å²) in [7, 11) is 0. The summed E-state index contributed by atoms with van der Waals surface area (Å²) in [6.07, 6.45) is 6.28. The van der Waals surface area contributed by atoms with Crippen molar-refractivity contribution in [2.45, 2.75) is 70.0 Å². The highest BCUT2D eigenvalue weighted by atomic mass is 32.2. The van der Waals surface area contributed by atoms with Crippen molar-refractivity contribution < 1.29 is 9.53 Å². The van der Waals surface area contributed by atoms with Crippen molar-refractivity contribution in [3.63, 3.8) is 0 Å². The van der Waals surface area contributed by atoms with Gasteiger partial charge in [-0.1, -0.05) is 11.8 Å². The van der Waals surface area contributed by atoms with E-state index < -0.39 is 0 Å². The largest absolute Gasteiger partial charge is 0.376 e. The minimum atomic E-state index is -0.195. The van der Waals surface area contributed by atoms with E-state index in [0.29, 0.717) is 25.4 Å². The van der Waals surface area contributed by atoms with Crippen LogP contribution in [0.15, 0.2) is 9.82 Å². The van der Waals surface area contributed by atoms with Crippen molar-refractivity contribution in [1.82, 2.24) is 14.5 Å². The highest BCUT2D eigenvalue weighted by Crippen LogP contribution is 2.29. The Bertz CT molecular complexity index is 694. The van der Waals surface area contributed by atoms with Crippen LogP contribution in [0.3, 0.4) is 0 Å². The fourth-order valence-corrected chi connectivity index (χ4v) is 4.82. The van der Waals surface area contributed by atoms with Crippen LogP contribution in [0.4, 0.5) is 0 Å². The zero-order valence-corrected chi connectivity index (χ0v) is 16.6. The lowest BCUT2D eigenvalue weighted by Crippen LogP contribution is -2.34. The van der Waals surface area contributed by atoms with Crippen LogP contribution in [-0.4, -0.2) is 51.9 Å². The van der Waals surface area contributed by atoms with Gasteiger partial charge in [-0.25, -0.2) is 4.79 Å². The van der Waals surface area contributed by atoms with Gasteiger partial charge in [0.05, 0.1) is 18.4 Å². The standard InChI is InChI=1S/C19H29N3O3S/c1-3-21(4-2)17(23)13-26-18-15-9-5-6-10-16(15)22(19(24)20-18)12-14-8-7-11-25-14/h14H,3-13H2,1-2H3. The molecule has 1 fully saturated rings. The molecule has 7 heteroatoms. The molecule has 26 heavy (non-hydrogen) atoms. The molecule has 1 aliphatic carbocycles. The third-order valence-electron chi connectivity index (χ3n) is 5.31. The third kappa shape index (κ3) is 4.31. The summed E-state index contributed by atoms with van der Waals surface area (Å²) in [5.41, 5.74) is 2.09. The number of aromatic nitrogens is 2. The van der Waals surface area contributed by atoms with Crippen molar-refractivity contribution in [1.29, 1.82) is 0 Å². The number of fused-ring (bicyclic) bond motifs is 1. The third-order valence-corrected chi connectivity index (χ3v) is 6.31. The van der Waals surface area contributed by atoms with Crippen molar-refractivity contribution >= 4 is 17.7 Å². The molecule has 0 aromatic carbocycles. The summed E-state index contributed by atoms with van der Waals surface area (Å²) in [5, 5.41) is 0.758. The van der Waals surface area contributed by atoms with Gasteiger partial charge < -0.3 is 9.64 Å². The summed E-state index contributed by atoms with van der Waals surface area (Å²) in [6, 6.07) is 0. The predicted octanol–water partition coefficient (Wildman–Crippen LogP) is 2.26. The molecule has 1 aromatic heterocycles. The maximum Gasteiger partial charge on any atom is 0.348 e. The number of hydrogen-bond acceptors (Lipinski definition) is 5. The van der Waals surface area contributed by atoms with E-state index in [4.69, 9.17) is 4.74 Å². The Labute approximate surface area is 159 Å². The summed E-state index contributed by atoms with van der Waals surface area (Å²) >= 11 is 1.42. The van der Waals surface area contributed by atoms with Gasteiger partial charge in [-0.05, 0) is 52.4 Å². The van der Waals surface area contributed by atoms with Gasteiger partial charge in [0, 0.05) is 31.0 Å². The van der Waals surface area contributed by atoms with Crippen LogP contribution in [0.2, 0.25) is 0 Å². The van der Waals surface area contributed by atoms with Gasteiger partial charge in [0.1, 0.15) is 5.03 Å². The normalized spacial score (nSPS) is 19.4. The maximum atomic E-state index is 12.7. The Kier molecular flexibility index (Phi) is 6.75. The molecule has 1 aromatic rings. The van der Waals surface area contributed by atoms with Crippen LogP contribution in [0.5, 0.6) is 0 Å². The zero-order valence-electron chi connectivity index (χ0n) is 15.8. The van der Waals surface area contributed by atoms with Crippen LogP contribution in [-0.2, 0) is 28.9 Å². The summed E-state index contributed by atoms with van der Waals surface area (Å²) in [5.74, 6) is 0.450. The van der Waals surface area contributed by atoms with E-state index in [2.05, 4.69) is 4.98 Å². The van der Waals surface area contributed by atoms with Crippen molar-refractivity contribution in [3.05, 3.63) is 21.7 Å². The number of nitrogens with zero attached hydrogens (tertiary/aromatic N) is 3. The molecule has 0 saturated carbocycles. The number of ether oxygens (including phenoxy) is 1. The van der Waals surface area contributed by atoms with E-state index in [9.17, 15) is 9.59 Å². The topological polar surface area (TPSA) is 64.4 Å². The second-order valence-corrected chi connectivity index (χ2v) is 7.90. The van der Waals surface area contributed by atoms with Crippen LogP contribution in [0, 0.1) is 0 Å². The molecule has 0 N–H and O–H groups in total. The zero-order chi connectivity index (χ0) is 18.5. The lowest BCUT2D eigenvalue weighted by Gasteiger charge is -2.24. The predicted molar refractivity (Wildman–Crippen MR) is 103 cm³/mol. The average Bonchev–Trinajstić information content (AvgIpc) is 3.17. The molecule has 1 atom stereocenters. The molecular weight excluding hydrogens is 350 g/mol. The number of carbonyl (C=O) groups is 1. The highest BCUT2D eigenvalue weighted by Gasteiger charge is 2.24. The second-order valence-electron chi connectivity index (χ2n) is 6.93. The molecule has 1 amide bonds. The van der Waals surface area contributed by atoms with Gasteiger partial charge >= 0.3 is 5.69 Å². The Hall–Kier alpha value is -1.34. The summed E-state index contributed by atoms with van der Waals surface area (Å²) < 4.78 is 7.55. The molecule has 1 saturated heterocycles. The van der Waals surface area contributed by atoms with Crippen LogP contribution in [0.25, 0.3) is 0 Å². The Morgan fingerprint density at radius 1 is 1.27 bits per heavy atom. The molecule has 0 radical (unpaired) electrons. The van der Waals surface area contributed by atoms with E-state index in [-0.39, 0.29) is 17.7 Å². The second kappa shape index (κ2) is 9.04. The maximum absolute atomic E-state index is 12.7. The molecule has 1 aliphatic heterocycles. The van der Waals surface area contributed by atoms with Crippen molar-refractivity contribution in [3.8, 4) is 0 Å². The van der Waals surface area contributed by atoms with Crippen LogP contribution < -0.4 is 5.69 Å². The molecule has 6 nitrogen and oxygen atoms in total. The number of hydrogen-bond donors (Lipinski definition) is 0.